The van der Waals surface area contributed by atoms with Gasteiger partial charge in [0.15, 0.2) is 0 Å². The second-order valence-corrected chi connectivity index (χ2v) is 5.44. The summed E-state index contributed by atoms with van der Waals surface area (Å²) in [6, 6.07) is 4.55. The molecule has 0 bridgehead atoms. The fourth-order valence-corrected chi connectivity index (χ4v) is 2.25. The minimum atomic E-state index is 0.493. The summed E-state index contributed by atoms with van der Waals surface area (Å²) in [6.45, 7) is 9.33. The zero-order chi connectivity index (χ0) is 13.5. The highest BCUT2D eigenvalue weighted by Gasteiger charge is 2.10. The average molecular weight is 263 g/mol. The molecule has 0 aliphatic carbocycles. The number of pyridine rings is 1. The van der Waals surface area contributed by atoms with Crippen LogP contribution in [0.5, 0.6) is 5.88 Å². The van der Waals surface area contributed by atoms with E-state index >= 15 is 0 Å². The Hall–Kier alpha value is -1.13. The number of hydrogen-bond acceptors (Lipinski definition) is 4. The van der Waals surface area contributed by atoms with Gasteiger partial charge >= 0.3 is 0 Å². The van der Waals surface area contributed by atoms with Crippen molar-refractivity contribution in [3.63, 3.8) is 0 Å². The van der Waals surface area contributed by atoms with Crippen LogP contribution in [0.1, 0.15) is 32.3 Å². The number of hydrogen-bond donors (Lipinski definition) is 1. The van der Waals surface area contributed by atoms with E-state index in [2.05, 4.69) is 29.0 Å². The Bertz CT molecular complexity index is 375. The standard InChI is InChI=1S/C15H25N3O/c1-13(2)17-12-14-5-6-16-15(11-14)19-10-9-18-7-3-4-8-18/h5-6,11,13,17H,3-4,7-10,12H2,1-2H3. The first-order chi connectivity index (χ1) is 9.24. The van der Waals surface area contributed by atoms with Gasteiger partial charge in [0.1, 0.15) is 6.61 Å². The normalized spacial score (nSPS) is 16.2. The zero-order valence-corrected chi connectivity index (χ0v) is 12.1. The lowest BCUT2D eigenvalue weighted by atomic mass is 10.2. The summed E-state index contributed by atoms with van der Waals surface area (Å²) < 4.78 is 5.73. The van der Waals surface area contributed by atoms with Crippen molar-refractivity contribution in [3.05, 3.63) is 23.9 Å². The average Bonchev–Trinajstić information content (AvgIpc) is 2.90. The summed E-state index contributed by atoms with van der Waals surface area (Å²) in [5.41, 5.74) is 1.22. The third-order valence-electron chi connectivity index (χ3n) is 3.37. The number of rotatable bonds is 7. The van der Waals surface area contributed by atoms with Gasteiger partial charge in [-0.05, 0) is 37.6 Å². The van der Waals surface area contributed by atoms with Crippen molar-refractivity contribution in [3.8, 4) is 5.88 Å². The first-order valence-corrected chi connectivity index (χ1v) is 7.27. The molecule has 4 heteroatoms. The van der Waals surface area contributed by atoms with Crippen LogP contribution in [-0.2, 0) is 6.54 Å². The van der Waals surface area contributed by atoms with Crippen LogP contribution in [0.3, 0.4) is 0 Å². The second-order valence-electron chi connectivity index (χ2n) is 5.44. The molecule has 0 radical (unpaired) electrons. The van der Waals surface area contributed by atoms with E-state index in [1.54, 1.807) is 0 Å². The highest BCUT2D eigenvalue weighted by atomic mass is 16.5. The minimum absolute atomic E-state index is 0.493. The molecule has 1 saturated heterocycles. The van der Waals surface area contributed by atoms with Crippen LogP contribution in [0.4, 0.5) is 0 Å². The molecule has 0 atom stereocenters. The third-order valence-corrected chi connectivity index (χ3v) is 3.37. The Balaban J connectivity index is 1.74. The SMILES string of the molecule is CC(C)NCc1ccnc(OCCN2CCCC2)c1. The molecule has 1 N–H and O–H groups in total. The van der Waals surface area contributed by atoms with E-state index in [4.69, 9.17) is 4.74 Å². The summed E-state index contributed by atoms with van der Waals surface area (Å²) in [5, 5.41) is 3.40. The minimum Gasteiger partial charge on any atom is -0.476 e. The van der Waals surface area contributed by atoms with Crippen LogP contribution in [0.25, 0.3) is 0 Å². The van der Waals surface area contributed by atoms with Gasteiger partial charge < -0.3 is 10.1 Å². The maximum Gasteiger partial charge on any atom is 0.213 e. The summed E-state index contributed by atoms with van der Waals surface area (Å²) in [6.07, 6.45) is 4.48. The van der Waals surface area contributed by atoms with Gasteiger partial charge in [-0.1, -0.05) is 13.8 Å². The molecule has 0 spiro atoms. The van der Waals surface area contributed by atoms with Crippen LogP contribution in [0.15, 0.2) is 18.3 Å². The molecule has 0 saturated carbocycles. The van der Waals surface area contributed by atoms with Gasteiger partial charge in [0.25, 0.3) is 0 Å². The molecule has 4 nitrogen and oxygen atoms in total. The van der Waals surface area contributed by atoms with Gasteiger partial charge in [-0.25, -0.2) is 4.98 Å². The Labute approximate surface area is 116 Å². The second kappa shape index (κ2) is 7.46. The van der Waals surface area contributed by atoms with E-state index in [-0.39, 0.29) is 0 Å². The molecule has 1 fully saturated rings. The summed E-state index contributed by atoms with van der Waals surface area (Å²) >= 11 is 0. The smallest absolute Gasteiger partial charge is 0.213 e. The van der Waals surface area contributed by atoms with Gasteiger partial charge in [-0.2, -0.15) is 0 Å². The van der Waals surface area contributed by atoms with Gasteiger partial charge in [-0.15, -0.1) is 0 Å². The molecular weight excluding hydrogens is 238 g/mol. The monoisotopic (exact) mass is 263 g/mol. The maximum atomic E-state index is 5.73. The van der Waals surface area contributed by atoms with Crippen molar-refractivity contribution in [1.29, 1.82) is 0 Å². The Morgan fingerprint density at radius 2 is 2.16 bits per heavy atom. The molecule has 2 heterocycles. The van der Waals surface area contributed by atoms with Gasteiger partial charge in [0.05, 0.1) is 0 Å². The van der Waals surface area contributed by atoms with E-state index in [0.29, 0.717) is 6.04 Å². The topological polar surface area (TPSA) is 37.4 Å². The quantitative estimate of drug-likeness (QED) is 0.817. The lowest BCUT2D eigenvalue weighted by molar-refractivity contribution is 0.232. The van der Waals surface area contributed by atoms with Gasteiger partial charge in [0.2, 0.25) is 5.88 Å². The maximum absolute atomic E-state index is 5.73. The number of aromatic nitrogens is 1. The fraction of sp³-hybridized carbons (Fsp3) is 0.667. The number of nitrogens with one attached hydrogen (secondary N) is 1. The predicted octanol–water partition coefficient (Wildman–Crippen LogP) is 2.05. The highest BCUT2D eigenvalue weighted by Crippen LogP contribution is 2.11. The molecule has 0 amide bonds. The predicted molar refractivity (Wildman–Crippen MR) is 77.4 cm³/mol. The van der Waals surface area contributed by atoms with Crippen molar-refractivity contribution >= 4 is 0 Å². The first-order valence-electron chi connectivity index (χ1n) is 7.27. The number of likely N-dealkylation sites (tertiary alicyclic amines) is 1. The summed E-state index contributed by atoms with van der Waals surface area (Å²) in [4.78, 5) is 6.71. The molecule has 1 aromatic rings. The van der Waals surface area contributed by atoms with Crippen molar-refractivity contribution in [1.82, 2.24) is 15.2 Å². The van der Waals surface area contributed by atoms with Crippen LogP contribution in [0, 0.1) is 0 Å². The largest absolute Gasteiger partial charge is 0.476 e. The summed E-state index contributed by atoms with van der Waals surface area (Å²) in [5.74, 6) is 0.738. The van der Waals surface area contributed by atoms with Crippen molar-refractivity contribution < 1.29 is 4.74 Å². The highest BCUT2D eigenvalue weighted by molar-refractivity contribution is 5.20. The molecule has 19 heavy (non-hydrogen) atoms. The van der Waals surface area contributed by atoms with E-state index in [1.165, 1.54) is 31.5 Å². The lowest BCUT2D eigenvalue weighted by Gasteiger charge is -2.15. The van der Waals surface area contributed by atoms with Crippen LogP contribution >= 0.6 is 0 Å². The van der Waals surface area contributed by atoms with Gasteiger partial charge in [0, 0.05) is 31.4 Å². The zero-order valence-electron chi connectivity index (χ0n) is 12.1. The third kappa shape index (κ3) is 5.17. The lowest BCUT2D eigenvalue weighted by Crippen LogP contribution is -2.25. The van der Waals surface area contributed by atoms with E-state index in [0.717, 1.165) is 25.6 Å². The molecule has 1 aromatic heterocycles. The van der Waals surface area contributed by atoms with Gasteiger partial charge in [-0.3, -0.25) is 4.90 Å². The van der Waals surface area contributed by atoms with E-state index in [1.807, 2.05) is 18.3 Å². The Morgan fingerprint density at radius 1 is 1.37 bits per heavy atom. The van der Waals surface area contributed by atoms with Crippen molar-refractivity contribution in [2.45, 2.75) is 39.3 Å². The molecule has 1 aliphatic heterocycles. The van der Waals surface area contributed by atoms with Crippen molar-refractivity contribution in [2.24, 2.45) is 0 Å². The van der Waals surface area contributed by atoms with E-state index in [9.17, 15) is 0 Å². The van der Waals surface area contributed by atoms with Crippen LogP contribution < -0.4 is 10.1 Å². The number of nitrogens with zero attached hydrogens (tertiary/aromatic N) is 2. The molecule has 2 rings (SSSR count). The molecular formula is C15H25N3O. The Kier molecular flexibility index (Phi) is 5.61. The van der Waals surface area contributed by atoms with Crippen LogP contribution in [-0.4, -0.2) is 42.2 Å². The molecule has 0 aromatic carbocycles. The van der Waals surface area contributed by atoms with Crippen molar-refractivity contribution in [2.75, 3.05) is 26.2 Å². The van der Waals surface area contributed by atoms with E-state index < -0.39 is 0 Å². The summed E-state index contributed by atoms with van der Waals surface area (Å²) in [7, 11) is 0. The molecule has 0 unspecified atom stereocenters. The molecule has 1 aliphatic rings. The number of ether oxygens (including phenoxy) is 1. The Morgan fingerprint density at radius 3 is 2.89 bits per heavy atom. The first kappa shape index (κ1) is 14.3. The molecule has 106 valence electrons. The fourth-order valence-electron chi connectivity index (χ4n) is 2.25. The van der Waals surface area contributed by atoms with Crippen LogP contribution in [0.2, 0.25) is 0 Å².